The maximum Gasteiger partial charge on any atom is 0.305 e. The molecule has 0 aliphatic heterocycles. The highest BCUT2D eigenvalue weighted by Crippen LogP contribution is 2.13. The Balaban J connectivity index is 3.27. The summed E-state index contributed by atoms with van der Waals surface area (Å²) >= 11 is 0. The van der Waals surface area contributed by atoms with E-state index in [2.05, 4.69) is 6.92 Å². The Hall–Kier alpha value is -0.650. The number of aliphatic hydroxyl groups excluding tert-OH is 2. The van der Waals surface area contributed by atoms with E-state index in [9.17, 15) is 9.90 Å². The lowest BCUT2D eigenvalue weighted by atomic mass is 10.0. The Bertz CT molecular complexity index is 320. The van der Waals surface area contributed by atoms with Crippen molar-refractivity contribution >= 4 is 5.97 Å². The van der Waals surface area contributed by atoms with Gasteiger partial charge in [0.1, 0.15) is 12.7 Å². The Kier molecular flexibility index (Phi) is 19.6. The fraction of sp³-hybridized carbons (Fsp3) is 0.955. The largest absolute Gasteiger partial charge is 0.463 e. The summed E-state index contributed by atoms with van der Waals surface area (Å²) in [4.78, 5) is 11.6. The van der Waals surface area contributed by atoms with Crippen LogP contribution in [0.5, 0.6) is 0 Å². The van der Waals surface area contributed by atoms with Crippen LogP contribution in [0.1, 0.15) is 104 Å². The molecule has 0 aromatic carbocycles. The second-order valence-corrected chi connectivity index (χ2v) is 7.72. The highest BCUT2D eigenvalue weighted by molar-refractivity contribution is 5.69. The molecular weight excluding hydrogens is 344 g/mol. The van der Waals surface area contributed by atoms with Crippen molar-refractivity contribution in [2.75, 3.05) is 19.8 Å². The van der Waals surface area contributed by atoms with Crippen molar-refractivity contribution in [1.29, 1.82) is 0 Å². The summed E-state index contributed by atoms with van der Waals surface area (Å²) < 4.78 is 10.1. The van der Waals surface area contributed by atoms with Crippen LogP contribution in [0.4, 0.5) is 0 Å². The lowest BCUT2D eigenvalue weighted by molar-refractivity contribution is -0.148. The van der Waals surface area contributed by atoms with Gasteiger partial charge >= 0.3 is 5.97 Å². The Morgan fingerprint density at radius 2 is 1.22 bits per heavy atom. The van der Waals surface area contributed by atoms with Gasteiger partial charge in [0.15, 0.2) is 0 Å². The number of carbonyl (C=O) groups is 1. The Morgan fingerprint density at radius 3 is 1.70 bits per heavy atom. The summed E-state index contributed by atoms with van der Waals surface area (Å²) in [5, 5.41) is 18.7. The van der Waals surface area contributed by atoms with Gasteiger partial charge in [0.05, 0.1) is 19.3 Å². The molecule has 2 unspecified atom stereocenters. The first kappa shape index (κ1) is 26.4. The van der Waals surface area contributed by atoms with Crippen LogP contribution in [-0.4, -0.2) is 48.2 Å². The molecule has 0 spiro atoms. The van der Waals surface area contributed by atoms with Crippen molar-refractivity contribution in [2.45, 2.75) is 116 Å². The molecule has 0 bridgehead atoms. The molecule has 5 heteroatoms. The molecule has 0 saturated carbocycles. The first-order valence-corrected chi connectivity index (χ1v) is 11.2. The average molecular weight is 389 g/mol. The molecule has 0 fully saturated rings. The molecule has 0 aliphatic rings. The van der Waals surface area contributed by atoms with Crippen LogP contribution in [0.3, 0.4) is 0 Å². The molecular formula is C22H44O5. The fourth-order valence-corrected chi connectivity index (χ4v) is 2.97. The van der Waals surface area contributed by atoms with Crippen molar-refractivity contribution in [1.82, 2.24) is 0 Å². The zero-order chi connectivity index (χ0) is 20.2. The van der Waals surface area contributed by atoms with E-state index in [0.29, 0.717) is 6.42 Å². The second kappa shape index (κ2) is 20.1. The number of hydrogen-bond acceptors (Lipinski definition) is 5. The van der Waals surface area contributed by atoms with Gasteiger partial charge in [-0.15, -0.1) is 0 Å². The quantitative estimate of drug-likeness (QED) is 0.232. The van der Waals surface area contributed by atoms with Gasteiger partial charge in [-0.1, -0.05) is 84.0 Å². The third-order valence-corrected chi connectivity index (χ3v) is 4.59. The van der Waals surface area contributed by atoms with Crippen molar-refractivity contribution in [3.63, 3.8) is 0 Å². The lowest BCUT2D eigenvalue weighted by Gasteiger charge is -2.12. The number of unbranched alkanes of at least 4 members (excludes halogenated alkanes) is 12. The summed E-state index contributed by atoms with van der Waals surface area (Å²) in [5.41, 5.74) is 0. The van der Waals surface area contributed by atoms with Crippen LogP contribution in [0.2, 0.25) is 0 Å². The van der Waals surface area contributed by atoms with Gasteiger partial charge in [0.25, 0.3) is 0 Å². The van der Waals surface area contributed by atoms with Gasteiger partial charge in [0, 0.05) is 6.42 Å². The van der Waals surface area contributed by atoms with Crippen molar-refractivity contribution in [3.8, 4) is 0 Å². The summed E-state index contributed by atoms with van der Waals surface area (Å²) in [7, 11) is 0. The number of rotatable bonds is 20. The van der Waals surface area contributed by atoms with E-state index in [1.54, 1.807) is 6.92 Å². The molecule has 0 rings (SSSR count). The predicted octanol–water partition coefficient (Wildman–Crippen LogP) is 4.77. The van der Waals surface area contributed by atoms with Crippen LogP contribution in [0.15, 0.2) is 0 Å². The van der Waals surface area contributed by atoms with E-state index >= 15 is 0 Å². The molecule has 2 atom stereocenters. The summed E-state index contributed by atoms with van der Waals surface area (Å²) in [6, 6.07) is 0. The first-order chi connectivity index (χ1) is 13.1. The van der Waals surface area contributed by atoms with Gasteiger partial charge in [-0.25, -0.2) is 0 Å². The molecule has 0 saturated heterocycles. The monoisotopic (exact) mass is 388 g/mol. The van der Waals surface area contributed by atoms with Crippen LogP contribution in [0.25, 0.3) is 0 Å². The Morgan fingerprint density at radius 1 is 0.741 bits per heavy atom. The second-order valence-electron chi connectivity index (χ2n) is 7.72. The molecule has 0 heterocycles. The third kappa shape index (κ3) is 21.5. The van der Waals surface area contributed by atoms with E-state index in [1.807, 2.05) is 0 Å². The number of esters is 1. The maximum atomic E-state index is 11.6. The summed E-state index contributed by atoms with van der Waals surface area (Å²) in [5.74, 6) is -0.257. The third-order valence-electron chi connectivity index (χ3n) is 4.59. The van der Waals surface area contributed by atoms with Crippen LogP contribution >= 0.6 is 0 Å². The van der Waals surface area contributed by atoms with Crippen molar-refractivity contribution < 1.29 is 24.5 Å². The van der Waals surface area contributed by atoms with Gasteiger partial charge in [-0.3, -0.25) is 4.79 Å². The minimum absolute atomic E-state index is 0.0446. The fourth-order valence-electron chi connectivity index (χ4n) is 2.97. The first-order valence-electron chi connectivity index (χ1n) is 11.2. The standard InChI is InChI=1S/C22H44O5/c1-3-4-5-6-7-8-9-10-11-12-13-14-15-16-22(25)27-19-21(24)18-26-17-20(2)23/h20-21,23-24H,3-19H2,1-2H3. The number of aliphatic hydroxyl groups is 2. The van der Waals surface area contributed by atoms with Crippen LogP contribution in [-0.2, 0) is 14.3 Å². The van der Waals surface area contributed by atoms with Gasteiger partial charge < -0.3 is 19.7 Å². The molecule has 5 nitrogen and oxygen atoms in total. The molecule has 0 radical (unpaired) electrons. The highest BCUT2D eigenvalue weighted by atomic mass is 16.5. The Labute approximate surface area is 166 Å². The molecule has 0 aliphatic carbocycles. The number of hydrogen-bond donors (Lipinski definition) is 2. The zero-order valence-corrected chi connectivity index (χ0v) is 17.8. The predicted molar refractivity (Wildman–Crippen MR) is 110 cm³/mol. The van der Waals surface area contributed by atoms with E-state index in [1.165, 1.54) is 70.6 Å². The summed E-state index contributed by atoms with van der Waals surface area (Å²) in [6.07, 6.45) is 15.6. The molecule has 27 heavy (non-hydrogen) atoms. The van der Waals surface area contributed by atoms with E-state index in [-0.39, 0.29) is 25.8 Å². The molecule has 0 aromatic rings. The van der Waals surface area contributed by atoms with Crippen molar-refractivity contribution in [2.24, 2.45) is 0 Å². The number of ether oxygens (including phenoxy) is 2. The minimum atomic E-state index is -0.834. The van der Waals surface area contributed by atoms with Gasteiger partial charge in [-0.2, -0.15) is 0 Å². The van der Waals surface area contributed by atoms with Crippen molar-refractivity contribution in [3.05, 3.63) is 0 Å². The molecule has 0 aromatic heterocycles. The minimum Gasteiger partial charge on any atom is -0.463 e. The average Bonchev–Trinajstić information content (AvgIpc) is 2.63. The van der Waals surface area contributed by atoms with Crippen LogP contribution < -0.4 is 0 Å². The number of carbonyl (C=O) groups excluding carboxylic acids is 1. The topological polar surface area (TPSA) is 76.0 Å². The SMILES string of the molecule is CCCCCCCCCCCCCCCC(=O)OCC(O)COCC(C)O. The van der Waals surface area contributed by atoms with Gasteiger partial charge in [0.2, 0.25) is 0 Å². The molecule has 2 N–H and O–H groups in total. The lowest BCUT2D eigenvalue weighted by Crippen LogP contribution is -2.25. The van der Waals surface area contributed by atoms with Gasteiger partial charge in [-0.05, 0) is 13.3 Å². The van der Waals surface area contributed by atoms with E-state index < -0.39 is 12.2 Å². The smallest absolute Gasteiger partial charge is 0.305 e. The van der Waals surface area contributed by atoms with Crippen LogP contribution in [0, 0.1) is 0 Å². The normalized spacial score (nSPS) is 13.5. The van der Waals surface area contributed by atoms with E-state index in [4.69, 9.17) is 14.6 Å². The maximum absolute atomic E-state index is 11.6. The van der Waals surface area contributed by atoms with E-state index in [0.717, 1.165) is 12.8 Å². The molecule has 0 amide bonds. The highest BCUT2D eigenvalue weighted by Gasteiger charge is 2.09. The summed E-state index contributed by atoms with van der Waals surface area (Å²) in [6.45, 7) is 4.06. The zero-order valence-electron chi connectivity index (χ0n) is 17.8. The molecule has 162 valence electrons.